The zero-order valence-electron chi connectivity index (χ0n) is 10.9. The predicted molar refractivity (Wildman–Crippen MR) is 74.5 cm³/mol. The maximum Gasteiger partial charge on any atom is 0.152 e. The number of benzene rings is 1. The summed E-state index contributed by atoms with van der Waals surface area (Å²) in [5.74, 6) is 0.573. The second-order valence-electron chi connectivity index (χ2n) is 4.99. The summed E-state index contributed by atoms with van der Waals surface area (Å²) < 4.78 is 23.0. The molecule has 1 aromatic rings. The van der Waals surface area contributed by atoms with Gasteiger partial charge in [-0.3, -0.25) is 0 Å². The molecule has 1 aliphatic rings. The van der Waals surface area contributed by atoms with E-state index in [0.717, 1.165) is 23.2 Å². The highest BCUT2D eigenvalue weighted by molar-refractivity contribution is 7.91. The van der Waals surface area contributed by atoms with E-state index >= 15 is 0 Å². The highest BCUT2D eigenvalue weighted by Crippen LogP contribution is 2.26. The van der Waals surface area contributed by atoms with Gasteiger partial charge in [0.2, 0.25) is 0 Å². The molecule has 1 saturated heterocycles. The standard InChI is InChI=1S/C13H20N2O2S/c1-10-7-11(8-14)3-4-13(10)15(2)12-5-6-18(16,17)9-12/h3-4,7,12H,5-6,8-9,14H2,1-2H3. The van der Waals surface area contributed by atoms with Crippen LogP contribution in [0.2, 0.25) is 0 Å². The van der Waals surface area contributed by atoms with Gasteiger partial charge in [-0.25, -0.2) is 8.42 Å². The molecule has 1 unspecified atom stereocenters. The molecular formula is C13H20N2O2S. The Morgan fingerprint density at radius 3 is 2.67 bits per heavy atom. The summed E-state index contributed by atoms with van der Waals surface area (Å²) in [5, 5.41) is 0. The van der Waals surface area contributed by atoms with Crippen LogP contribution in [0.15, 0.2) is 18.2 Å². The van der Waals surface area contributed by atoms with Crippen LogP contribution in [0, 0.1) is 6.92 Å². The molecule has 2 N–H and O–H groups in total. The van der Waals surface area contributed by atoms with Gasteiger partial charge < -0.3 is 10.6 Å². The highest BCUT2D eigenvalue weighted by atomic mass is 32.2. The van der Waals surface area contributed by atoms with Crippen molar-refractivity contribution in [1.29, 1.82) is 0 Å². The van der Waals surface area contributed by atoms with Gasteiger partial charge in [0.05, 0.1) is 11.5 Å². The molecule has 4 nitrogen and oxygen atoms in total. The Morgan fingerprint density at radius 2 is 2.17 bits per heavy atom. The average Bonchev–Trinajstić information content (AvgIpc) is 2.68. The van der Waals surface area contributed by atoms with Crippen molar-refractivity contribution in [1.82, 2.24) is 0 Å². The van der Waals surface area contributed by atoms with Crippen LogP contribution in [-0.4, -0.2) is 33.0 Å². The first kappa shape index (κ1) is 13.4. The van der Waals surface area contributed by atoms with E-state index in [1.807, 2.05) is 26.1 Å². The molecule has 0 amide bonds. The number of hydrogen-bond donors (Lipinski definition) is 1. The Morgan fingerprint density at radius 1 is 1.44 bits per heavy atom. The minimum Gasteiger partial charge on any atom is -0.370 e. The van der Waals surface area contributed by atoms with Gasteiger partial charge in [-0.15, -0.1) is 0 Å². The smallest absolute Gasteiger partial charge is 0.152 e. The molecule has 1 aliphatic heterocycles. The minimum absolute atomic E-state index is 0.0948. The molecule has 0 spiro atoms. The van der Waals surface area contributed by atoms with Crippen LogP contribution in [-0.2, 0) is 16.4 Å². The fourth-order valence-corrected chi connectivity index (χ4v) is 4.29. The quantitative estimate of drug-likeness (QED) is 0.891. The van der Waals surface area contributed by atoms with Crippen molar-refractivity contribution >= 4 is 15.5 Å². The number of anilines is 1. The molecule has 0 aromatic heterocycles. The van der Waals surface area contributed by atoms with Crippen molar-refractivity contribution in [2.45, 2.75) is 25.9 Å². The molecule has 1 fully saturated rings. The van der Waals surface area contributed by atoms with Crippen LogP contribution in [0.4, 0.5) is 5.69 Å². The lowest BCUT2D eigenvalue weighted by molar-refractivity contribution is 0.601. The lowest BCUT2D eigenvalue weighted by Crippen LogP contribution is -2.33. The third kappa shape index (κ3) is 2.67. The third-order valence-electron chi connectivity index (χ3n) is 3.63. The summed E-state index contributed by atoms with van der Waals surface area (Å²) in [4.78, 5) is 2.08. The summed E-state index contributed by atoms with van der Waals surface area (Å²) in [6.07, 6.45) is 0.719. The second-order valence-corrected chi connectivity index (χ2v) is 7.22. The summed E-state index contributed by atoms with van der Waals surface area (Å²) in [7, 11) is -0.868. The Kier molecular flexibility index (Phi) is 3.64. The summed E-state index contributed by atoms with van der Waals surface area (Å²) >= 11 is 0. The summed E-state index contributed by atoms with van der Waals surface area (Å²) in [6, 6.07) is 6.19. The van der Waals surface area contributed by atoms with Gasteiger partial charge in [-0.2, -0.15) is 0 Å². The van der Waals surface area contributed by atoms with Gasteiger partial charge in [-0.1, -0.05) is 12.1 Å². The Balaban J connectivity index is 2.21. The van der Waals surface area contributed by atoms with Crippen LogP contribution < -0.4 is 10.6 Å². The normalized spacial score (nSPS) is 22.1. The Hall–Kier alpha value is -1.07. The van der Waals surface area contributed by atoms with E-state index < -0.39 is 9.84 Å². The lowest BCUT2D eigenvalue weighted by Gasteiger charge is -2.27. The van der Waals surface area contributed by atoms with E-state index in [9.17, 15) is 8.42 Å². The van der Waals surface area contributed by atoms with Crippen molar-refractivity contribution in [3.05, 3.63) is 29.3 Å². The van der Waals surface area contributed by atoms with E-state index in [1.54, 1.807) is 0 Å². The van der Waals surface area contributed by atoms with Crippen molar-refractivity contribution < 1.29 is 8.42 Å². The predicted octanol–water partition coefficient (Wildman–Crippen LogP) is 1.08. The van der Waals surface area contributed by atoms with Gasteiger partial charge in [0.15, 0.2) is 9.84 Å². The summed E-state index contributed by atoms with van der Waals surface area (Å²) in [6.45, 7) is 2.57. The summed E-state index contributed by atoms with van der Waals surface area (Å²) in [5.41, 5.74) is 8.95. The van der Waals surface area contributed by atoms with Gasteiger partial charge >= 0.3 is 0 Å². The molecule has 0 aliphatic carbocycles. The number of rotatable bonds is 3. The minimum atomic E-state index is -2.84. The molecule has 18 heavy (non-hydrogen) atoms. The maximum atomic E-state index is 11.5. The fraction of sp³-hybridized carbons (Fsp3) is 0.538. The first-order valence-corrected chi connectivity index (χ1v) is 7.98. The topological polar surface area (TPSA) is 63.4 Å². The maximum absolute atomic E-state index is 11.5. The second kappa shape index (κ2) is 4.90. The SMILES string of the molecule is Cc1cc(CN)ccc1N(C)C1CCS(=O)(=O)C1. The molecular weight excluding hydrogens is 248 g/mol. The molecule has 1 heterocycles. The molecule has 5 heteroatoms. The molecule has 0 saturated carbocycles. The molecule has 0 radical (unpaired) electrons. The molecule has 1 aromatic carbocycles. The van der Waals surface area contributed by atoms with E-state index in [0.29, 0.717) is 12.3 Å². The average molecular weight is 268 g/mol. The highest BCUT2D eigenvalue weighted by Gasteiger charge is 2.31. The van der Waals surface area contributed by atoms with Crippen molar-refractivity contribution in [2.75, 3.05) is 23.5 Å². The zero-order valence-corrected chi connectivity index (χ0v) is 11.7. The number of nitrogens with zero attached hydrogens (tertiary/aromatic N) is 1. The number of hydrogen-bond acceptors (Lipinski definition) is 4. The van der Waals surface area contributed by atoms with E-state index in [1.165, 1.54) is 0 Å². The largest absolute Gasteiger partial charge is 0.370 e. The van der Waals surface area contributed by atoms with Crippen molar-refractivity contribution in [2.24, 2.45) is 5.73 Å². The number of sulfone groups is 1. The van der Waals surface area contributed by atoms with Crippen LogP contribution in [0.25, 0.3) is 0 Å². The molecule has 0 bridgehead atoms. The third-order valence-corrected chi connectivity index (χ3v) is 5.38. The van der Waals surface area contributed by atoms with E-state index in [2.05, 4.69) is 11.0 Å². The number of nitrogens with two attached hydrogens (primary N) is 1. The van der Waals surface area contributed by atoms with Gasteiger partial charge in [-0.05, 0) is 30.5 Å². The molecule has 2 rings (SSSR count). The molecule has 100 valence electrons. The lowest BCUT2D eigenvalue weighted by atomic mass is 10.1. The fourth-order valence-electron chi connectivity index (χ4n) is 2.52. The van der Waals surface area contributed by atoms with E-state index in [-0.39, 0.29) is 11.8 Å². The van der Waals surface area contributed by atoms with Crippen LogP contribution in [0.3, 0.4) is 0 Å². The molecule has 1 atom stereocenters. The van der Waals surface area contributed by atoms with Crippen molar-refractivity contribution in [3.63, 3.8) is 0 Å². The van der Waals surface area contributed by atoms with E-state index in [4.69, 9.17) is 5.73 Å². The number of aryl methyl sites for hydroxylation is 1. The first-order chi connectivity index (χ1) is 8.43. The Bertz CT molecular complexity index is 540. The zero-order chi connectivity index (χ0) is 13.3. The van der Waals surface area contributed by atoms with Gasteiger partial charge in [0.1, 0.15) is 0 Å². The van der Waals surface area contributed by atoms with Crippen LogP contribution in [0.1, 0.15) is 17.5 Å². The van der Waals surface area contributed by atoms with Crippen LogP contribution in [0.5, 0.6) is 0 Å². The van der Waals surface area contributed by atoms with Gasteiger partial charge in [0.25, 0.3) is 0 Å². The van der Waals surface area contributed by atoms with Crippen LogP contribution >= 0.6 is 0 Å². The first-order valence-electron chi connectivity index (χ1n) is 6.16. The van der Waals surface area contributed by atoms with Crippen molar-refractivity contribution in [3.8, 4) is 0 Å². The monoisotopic (exact) mass is 268 g/mol. The van der Waals surface area contributed by atoms with Gasteiger partial charge in [0, 0.05) is 25.3 Å². The Labute approximate surface area is 109 Å².